The summed E-state index contributed by atoms with van der Waals surface area (Å²) in [6.45, 7) is 1.12. The van der Waals surface area contributed by atoms with E-state index in [4.69, 9.17) is 10.2 Å². The molecule has 1 aromatic rings. The van der Waals surface area contributed by atoms with E-state index in [1.54, 1.807) is 0 Å². The fourth-order valence-corrected chi connectivity index (χ4v) is 2.48. The molecule has 1 aromatic carbocycles. The van der Waals surface area contributed by atoms with Gasteiger partial charge in [0.2, 0.25) is 0 Å². The summed E-state index contributed by atoms with van der Waals surface area (Å²) < 4.78 is 13.5. The van der Waals surface area contributed by atoms with Crippen LogP contribution in [0.2, 0.25) is 0 Å². The summed E-state index contributed by atoms with van der Waals surface area (Å²) in [4.78, 5) is 24.7. The Morgan fingerprint density at radius 1 is 1.43 bits per heavy atom. The molecule has 21 heavy (non-hydrogen) atoms. The average molecular weight is 296 g/mol. The Bertz CT molecular complexity index is 550. The van der Waals surface area contributed by atoms with Crippen LogP contribution in [0.25, 0.3) is 0 Å². The van der Waals surface area contributed by atoms with E-state index in [1.165, 1.54) is 17.0 Å². The summed E-state index contributed by atoms with van der Waals surface area (Å²) in [6, 6.07) is 3.27. The summed E-state index contributed by atoms with van der Waals surface area (Å²) in [5.74, 6) is -2.07. The molecule has 0 saturated carbocycles. The van der Waals surface area contributed by atoms with Crippen molar-refractivity contribution in [3.05, 3.63) is 29.6 Å². The normalized spacial score (nSPS) is 17.8. The molecular formula is C14H17FN2O4. The number of aromatic carboxylic acids is 1. The van der Waals surface area contributed by atoms with Gasteiger partial charge in [0, 0.05) is 19.7 Å². The third kappa shape index (κ3) is 3.49. The number of aliphatic hydroxyl groups excluding tert-OH is 1. The number of likely N-dealkylation sites (tertiary alicyclic amines) is 1. The highest BCUT2D eigenvalue weighted by Gasteiger charge is 2.27. The molecule has 3 N–H and O–H groups in total. The van der Waals surface area contributed by atoms with Crippen LogP contribution in [0.5, 0.6) is 0 Å². The highest BCUT2D eigenvalue weighted by molar-refractivity contribution is 6.00. The molecule has 2 amide bonds. The second-order valence-corrected chi connectivity index (χ2v) is 5.01. The van der Waals surface area contributed by atoms with Crippen molar-refractivity contribution in [2.24, 2.45) is 5.92 Å². The van der Waals surface area contributed by atoms with Crippen molar-refractivity contribution < 1.29 is 24.2 Å². The number of hydrogen-bond acceptors (Lipinski definition) is 3. The molecule has 1 fully saturated rings. The molecule has 0 aromatic heterocycles. The number of amides is 2. The van der Waals surface area contributed by atoms with Gasteiger partial charge >= 0.3 is 12.0 Å². The molecule has 1 heterocycles. The van der Waals surface area contributed by atoms with Crippen LogP contribution in [-0.4, -0.2) is 46.8 Å². The first kappa shape index (κ1) is 15.2. The number of carboxylic acids is 1. The molecule has 2 rings (SSSR count). The quantitative estimate of drug-likeness (QED) is 0.789. The van der Waals surface area contributed by atoms with Crippen LogP contribution in [0.1, 0.15) is 23.2 Å². The van der Waals surface area contributed by atoms with Gasteiger partial charge in [-0.15, -0.1) is 0 Å². The number of urea groups is 1. The number of benzene rings is 1. The Hall–Kier alpha value is -2.15. The first-order valence-electron chi connectivity index (χ1n) is 6.71. The van der Waals surface area contributed by atoms with Crippen LogP contribution in [0, 0.1) is 11.7 Å². The Morgan fingerprint density at radius 3 is 2.86 bits per heavy atom. The minimum Gasteiger partial charge on any atom is -0.478 e. The summed E-state index contributed by atoms with van der Waals surface area (Å²) in [7, 11) is 0. The third-order valence-electron chi connectivity index (χ3n) is 3.58. The maximum absolute atomic E-state index is 13.5. The Balaban J connectivity index is 2.07. The maximum Gasteiger partial charge on any atom is 0.340 e. The van der Waals surface area contributed by atoms with Gasteiger partial charge in [0.1, 0.15) is 11.4 Å². The number of nitrogens with one attached hydrogen (secondary N) is 1. The van der Waals surface area contributed by atoms with Gasteiger partial charge in [-0.1, -0.05) is 6.07 Å². The molecule has 0 spiro atoms. The molecule has 1 atom stereocenters. The first-order chi connectivity index (χ1) is 10.0. The number of carboxylic acid groups (broad SMARTS) is 1. The van der Waals surface area contributed by atoms with Gasteiger partial charge in [0.05, 0.1) is 5.69 Å². The molecule has 1 aliphatic heterocycles. The van der Waals surface area contributed by atoms with Gasteiger partial charge in [0.25, 0.3) is 0 Å². The lowest BCUT2D eigenvalue weighted by atomic mass is 10.1. The first-order valence-corrected chi connectivity index (χ1v) is 6.71. The average Bonchev–Trinajstić information content (AvgIpc) is 2.87. The SMILES string of the molecule is O=C(O)c1c(F)cccc1NC(=O)N1CCC(CCO)C1. The van der Waals surface area contributed by atoms with Gasteiger partial charge in [0.15, 0.2) is 0 Å². The zero-order valence-electron chi connectivity index (χ0n) is 11.4. The highest BCUT2D eigenvalue weighted by Crippen LogP contribution is 2.22. The van der Waals surface area contributed by atoms with E-state index in [-0.39, 0.29) is 18.2 Å². The number of anilines is 1. The van der Waals surface area contributed by atoms with E-state index >= 15 is 0 Å². The lowest BCUT2D eigenvalue weighted by molar-refractivity contribution is 0.0693. The van der Waals surface area contributed by atoms with Gasteiger partial charge in [-0.2, -0.15) is 0 Å². The summed E-state index contributed by atoms with van der Waals surface area (Å²) in [5, 5.41) is 20.3. The fourth-order valence-electron chi connectivity index (χ4n) is 2.48. The second kappa shape index (κ2) is 6.53. The van der Waals surface area contributed by atoms with Crippen LogP contribution in [-0.2, 0) is 0 Å². The van der Waals surface area contributed by atoms with Gasteiger partial charge < -0.3 is 20.4 Å². The molecule has 1 unspecified atom stereocenters. The van der Waals surface area contributed by atoms with Crippen LogP contribution in [0.15, 0.2) is 18.2 Å². The van der Waals surface area contributed by atoms with Crippen molar-refractivity contribution in [1.82, 2.24) is 4.90 Å². The lowest BCUT2D eigenvalue weighted by Crippen LogP contribution is -2.33. The molecule has 1 saturated heterocycles. The molecular weight excluding hydrogens is 279 g/mol. The second-order valence-electron chi connectivity index (χ2n) is 5.01. The Labute approximate surface area is 121 Å². The number of hydrogen-bond donors (Lipinski definition) is 3. The van der Waals surface area contributed by atoms with Gasteiger partial charge in [-0.3, -0.25) is 0 Å². The number of carbonyl (C=O) groups is 2. The lowest BCUT2D eigenvalue weighted by Gasteiger charge is -2.18. The standard InChI is InChI=1S/C14H17FN2O4/c15-10-2-1-3-11(12(10)13(19)20)16-14(21)17-6-4-9(8-17)5-7-18/h1-3,9,18H,4-8H2,(H,16,21)(H,19,20). The smallest absolute Gasteiger partial charge is 0.340 e. The number of nitrogens with zero attached hydrogens (tertiary/aromatic N) is 1. The monoisotopic (exact) mass is 296 g/mol. The number of halogens is 1. The molecule has 0 aliphatic carbocycles. The van der Waals surface area contributed by atoms with Crippen molar-refractivity contribution in [1.29, 1.82) is 0 Å². The van der Waals surface area contributed by atoms with E-state index in [9.17, 15) is 14.0 Å². The van der Waals surface area contributed by atoms with Crippen molar-refractivity contribution in [2.45, 2.75) is 12.8 Å². The van der Waals surface area contributed by atoms with Crippen LogP contribution >= 0.6 is 0 Å². The van der Waals surface area contributed by atoms with Crippen LogP contribution < -0.4 is 5.32 Å². The van der Waals surface area contributed by atoms with Gasteiger partial charge in [-0.05, 0) is 30.9 Å². The topological polar surface area (TPSA) is 89.9 Å². The third-order valence-corrected chi connectivity index (χ3v) is 3.58. The summed E-state index contributed by atoms with van der Waals surface area (Å²) in [5.41, 5.74) is -0.602. The predicted molar refractivity (Wildman–Crippen MR) is 73.8 cm³/mol. The van der Waals surface area contributed by atoms with Crippen molar-refractivity contribution in [2.75, 3.05) is 25.0 Å². The van der Waals surface area contributed by atoms with Crippen LogP contribution in [0.4, 0.5) is 14.9 Å². The molecule has 114 valence electrons. The van der Waals surface area contributed by atoms with Gasteiger partial charge in [-0.25, -0.2) is 14.0 Å². The number of rotatable bonds is 4. The van der Waals surface area contributed by atoms with Crippen LogP contribution in [0.3, 0.4) is 0 Å². The van der Waals surface area contributed by atoms with E-state index in [0.29, 0.717) is 19.5 Å². The predicted octanol–water partition coefficient (Wildman–Crippen LogP) is 1.76. The maximum atomic E-state index is 13.5. The molecule has 0 bridgehead atoms. The zero-order chi connectivity index (χ0) is 15.4. The van der Waals surface area contributed by atoms with Crippen molar-refractivity contribution in [3.63, 3.8) is 0 Å². The minimum atomic E-state index is -1.43. The summed E-state index contributed by atoms with van der Waals surface area (Å²) >= 11 is 0. The van der Waals surface area contributed by atoms with E-state index in [0.717, 1.165) is 12.5 Å². The van der Waals surface area contributed by atoms with E-state index in [2.05, 4.69) is 5.32 Å². The molecule has 1 aliphatic rings. The number of aliphatic hydroxyl groups is 1. The fraction of sp³-hybridized carbons (Fsp3) is 0.429. The highest BCUT2D eigenvalue weighted by atomic mass is 19.1. The van der Waals surface area contributed by atoms with Crippen molar-refractivity contribution in [3.8, 4) is 0 Å². The zero-order valence-corrected chi connectivity index (χ0v) is 11.4. The van der Waals surface area contributed by atoms with Crippen molar-refractivity contribution >= 4 is 17.7 Å². The molecule has 0 radical (unpaired) electrons. The number of carbonyl (C=O) groups excluding carboxylic acids is 1. The molecule has 6 nitrogen and oxygen atoms in total. The summed E-state index contributed by atoms with van der Waals surface area (Å²) in [6.07, 6.45) is 1.42. The van der Waals surface area contributed by atoms with E-state index < -0.39 is 23.4 Å². The Kier molecular flexibility index (Phi) is 4.74. The molecule has 7 heteroatoms. The minimum absolute atomic E-state index is 0.0573. The van der Waals surface area contributed by atoms with E-state index in [1.807, 2.05) is 0 Å². The Morgan fingerprint density at radius 2 is 2.19 bits per heavy atom. The largest absolute Gasteiger partial charge is 0.478 e.